The summed E-state index contributed by atoms with van der Waals surface area (Å²) in [7, 11) is 1.30. The Balaban J connectivity index is 2.34. The van der Waals surface area contributed by atoms with E-state index in [1.54, 1.807) is 13.8 Å². The molecule has 110 valence electrons. The standard InChI is InChI=1S/C14H16F3NO2/c1-12(2,11(19)20-3)13(8-18-13)9-4-6-10(7-5-9)14(15,16)17/h4-7,18H,8H2,1-3H3. The van der Waals surface area contributed by atoms with E-state index < -0.39 is 28.7 Å². The van der Waals surface area contributed by atoms with E-state index in [1.807, 2.05) is 0 Å². The van der Waals surface area contributed by atoms with Gasteiger partial charge in [-0.25, -0.2) is 0 Å². The van der Waals surface area contributed by atoms with E-state index in [2.05, 4.69) is 5.32 Å². The molecule has 1 atom stereocenters. The number of carbonyl (C=O) groups is 1. The third-order valence-electron chi connectivity index (χ3n) is 4.00. The van der Waals surface area contributed by atoms with Crippen molar-refractivity contribution in [2.75, 3.05) is 13.7 Å². The van der Waals surface area contributed by atoms with Crippen LogP contribution in [0.4, 0.5) is 13.2 Å². The van der Waals surface area contributed by atoms with Crippen molar-refractivity contribution in [3.8, 4) is 0 Å². The van der Waals surface area contributed by atoms with E-state index >= 15 is 0 Å². The molecule has 0 amide bonds. The molecule has 3 nitrogen and oxygen atoms in total. The van der Waals surface area contributed by atoms with Crippen molar-refractivity contribution in [2.45, 2.75) is 25.6 Å². The zero-order valence-electron chi connectivity index (χ0n) is 11.5. The summed E-state index contributed by atoms with van der Waals surface area (Å²) in [6, 6.07) is 4.88. The van der Waals surface area contributed by atoms with Crippen molar-refractivity contribution in [1.82, 2.24) is 5.32 Å². The van der Waals surface area contributed by atoms with Crippen molar-refractivity contribution in [3.05, 3.63) is 35.4 Å². The Hall–Kier alpha value is -1.56. The molecule has 1 aliphatic heterocycles. The number of carbonyl (C=O) groups excluding carboxylic acids is 1. The summed E-state index contributed by atoms with van der Waals surface area (Å²) >= 11 is 0. The van der Waals surface area contributed by atoms with E-state index in [-0.39, 0.29) is 0 Å². The Morgan fingerprint density at radius 2 is 1.75 bits per heavy atom. The first-order valence-electron chi connectivity index (χ1n) is 6.16. The van der Waals surface area contributed by atoms with Crippen LogP contribution < -0.4 is 5.32 Å². The van der Waals surface area contributed by atoms with Crippen LogP contribution in [0.5, 0.6) is 0 Å². The number of rotatable bonds is 3. The fourth-order valence-corrected chi connectivity index (χ4v) is 2.47. The van der Waals surface area contributed by atoms with Gasteiger partial charge in [-0.2, -0.15) is 13.2 Å². The average Bonchev–Trinajstić information content (AvgIpc) is 3.18. The summed E-state index contributed by atoms with van der Waals surface area (Å²) in [5, 5.41) is 3.10. The second-order valence-electron chi connectivity index (χ2n) is 5.45. The quantitative estimate of drug-likeness (QED) is 0.687. The van der Waals surface area contributed by atoms with Gasteiger partial charge in [0.25, 0.3) is 0 Å². The molecule has 1 unspecified atom stereocenters. The summed E-state index contributed by atoms with van der Waals surface area (Å²) in [6.07, 6.45) is -4.36. The number of alkyl halides is 3. The van der Waals surface area contributed by atoms with Crippen molar-refractivity contribution in [3.63, 3.8) is 0 Å². The number of hydrogen-bond donors (Lipinski definition) is 1. The predicted molar refractivity (Wildman–Crippen MR) is 66.9 cm³/mol. The van der Waals surface area contributed by atoms with Crippen molar-refractivity contribution >= 4 is 5.97 Å². The van der Waals surface area contributed by atoms with Crippen LogP contribution in [0, 0.1) is 5.41 Å². The molecule has 0 saturated carbocycles. The summed E-state index contributed by atoms with van der Waals surface area (Å²) in [6.45, 7) is 3.97. The van der Waals surface area contributed by atoms with Crippen molar-refractivity contribution in [1.29, 1.82) is 0 Å². The lowest BCUT2D eigenvalue weighted by molar-refractivity contribution is -0.153. The maximum Gasteiger partial charge on any atom is 0.416 e. The first kappa shape index (κ1) is 14.8. The van der Waals surface area contributed by atoms with Crippen LogP contribution in [0.1, 0.15) is 25.0 Å². The third kappa shape index (κ3) is 2.18. The monoisotopic (exact) mass is 287 g/mol. The molecule has 0 bridgehead atoms. The molecule has 1 N–H and O–H groups in total. The van der Waals surface area contributed by atoms with Gasteiger partial charge in [-0.15, -0.1) is 0 Å². The van der Waals surface area contributed by atoms with Gasteiger partial charge in [0.1, 0.15) is 0 Å². The molecule has 1 saturated heterocycles. The van der Waals surface area contributed by atoms with Crippen LogP contribution in [0.2, 0.25) is 0 Å². The SMILES string of the molecule is COC(=O)C(C)(C)C1(c2ccc(C(F)(F)F)cc2)CN1. The molecule has 1 aliphatic rings. The Bertz CT molecular complexity index is 516. The molecular formula is C14H16F3NO2. The lowest BCUT2D eigenvalue weighted by Gasteiger charge is -2.31. The molecular weight excluding hydrogens is 271 g/mol. The van der Waals surface area contributed by atoms with Gasteiger partial charge >= 0.3 is 12.1 Å². The largest absolute Gasteiger partial charge is 0.469 e. The zero-order valence-corrected chi connectivity index (χ0v) is 11.5. The highest BCUT2D eigenvalue weighted by molar-refractivity contribution is 5.79. The van der Waals surface area contributed by atoms with Crippen LogP contribution in [0.3, 0.4) is 0 Å². The number of methoxy groups -OCH3 is 1. The highest BCUT2D eigenvalue weighted by Gasteiger charge is 2.59. The van der Waals surface area contributed by atoms with Crippen LogP contribution in [0.25, 0.3) is 0 Å². The molecule has 1 fully saturated rings. The fourth-order valence-electron chi connectivity index (χ4n) is 2.47. The average molecular weight is 287 g/mol. The zero-order chi connectivity index (χ0) is 15.2. The van der Waals surface area contributed by atoms with Crippen LogP contribution in [-0.2, 0) is 21.2 Å². The minimum absolute atomic E-state index is 0.401. The van der Waals surface area contributed by atoms with Gasteiger partial charge in [0.05, 0.1) is 23.6 Å². The Morgan fingerprint density at radius 3 is 2.10 bits per heavy atom. The number of esters is 1. The topological polar surface area (TPSA) is 48.2 Å². The molecule has 0 radical (unpaired) electrons. The number of benzene rings is 1. The molecule has 20 heavy (non-hydrogen) atoms. The molecule has 0 aliphatic carbocycles. The third-order valence-corrected chi connectivity index (χ3v) is 4.00. The van der Waals surface area contributed by atoms with Crippen molar-refractivity contribution in [2.24, 2.45) is 5.41 Å². The van der Waals surface area contributed by atoms with Gasteiger partial charge in [-0.3, -0.25) is 4.79 Å². The van der Waals surface area contributed by atoms with Gasteiger partial charge < -0.3 is 10.1 Å². The van der Waals surface area contributed by atoms with Gasteiger partial charge in [0.15, 0.2) is 0 Å². The Labute approximate surface area is 115 Å². The van der Waals surface area contributed by atoms with E-state index in [1.165, 1.54) is 19.2 Å². The van der Waals surface area contributed by atoms with Crippen LogP contribution in [-0.4, -0.2) is 19.6 Å². The lowest BCUT2D eigenvalue weighted by atomic mass is 9.74. The number of halogens is 3. The molecule has 1 aromatic rings. The van der Waals surface area contributed by atoms with Gasteiger partial charge in [0, 0.05) is 6.54 Å². The maximum absolute atomic E-state index is 12.6. The Morgan fingerprint density at radius 1 is 1.25 bits per heavy atom. The highest BCUT2D eigenvalue weighted by Crippen LogP contribution is 2.48. The first-order chi connectivity index (χ1) is 9.15. The maximum atomic E-state index is 12.6. The number of ether oxygens (including phenoxy) is 1. The van der Waals surface area contributed by atoms with Crippen LogP contribution >= 0.6 is 0 Å². The van der Waals surface area contributed by atoms with Crippen molar-refractivity contribution < 1.29 is 22.7 Å². The minimum atomic E-state index is -4.36. The van der Waals surface area contributed by atoms with Crippen LogP contribution in [0.15, 0.2) is 24.3 Å². The molecule has 2 rings (SSSR count). The van der Waals surface area contributed by atoms with Gasteiger partial charge in [-0.1, -0.05) is 12.1 Å². The smallest absolute Gasteiger partial charge is 0.416 e. The molecule has 1 aromatic carbocycles. The number of hydrogen-bond acceptors (Lipinski definition) is 3. The second-order valence-corrected chi connectivity index (χ2v) is 5.45. The molecule has 0 aromatic heterocycles. The summed E-state index contributed by atoms with van der Waals surface area (Å²) in [5.74, 6) is -0.401. The van der Waals surface area contributed by atoms with Gasteiger partial charge in [0.2, 0.25) is 0 Å². The predicted octanol–water partition coefficient (Wildman–Crippen LogP) is 2.70. The summed E-state index contributed by atoms with van der Waals surface area (Å²) < 4.78 is 42.5. The van der Waals surface area contributed by atoms with E-state index in [0.29, 0.717) is 12.1 Å². The minimum Gasteiger partial charge on any atom is -0.469 e. The van der Waals surface area contributed by atoms with E-state index in [9.17, 15) is 18.0 Å². The second kappa shape index (κ2) is 4.48. The lowest BCUT2D eigenvalue weighted by Crippen LogP contribution is -2.41. The van der Waals surface area contributed by atoms with E-state index in [4.69, 9.17) is 4.74 Å². The highest BCUT2D eigenvalue weighted by atomic mass is 19.4. The van der Waals surface area contributed by atoms with Gasteiger partial charge in [-0.05, 0) is 31.5 Å². The first-order valence-corrected chi connectivity index (χ1v) is 6.16. The number of nitrogens with one attached hydrogen (secondary N) is 1. The van der Waals surface area contributed by atoms with E-state index in [0.717, 1.165) is 12.1 Å². The molecule has 1 heterocycles. The fraction of sp³-hybridized carbons (Fsp3) is 0.500. The summed E-state index contributed by atoms with van der Waals surface area (Å²) in [5.41, 5.74) is -1.57. The Kier molecular flexibility index (Phi) is 3.32. The normalized spacial score (nSPS) is 22.5. The summed E-state index contributed by atoms with van der Waals surface area (Å²) in [4.78, 5) is 11.9. The molecule has 0 spiro atoms. The molecule has 6 heteroatoms.